The molecule has 0 N–H and O–H groups in total. The Morgan fingerprint density at radius 1 is 0.358 bits per heavy atom. The fraction of sp³-hybridized carbons (Fsp3) is 0.0588. The molecular formula is C51H36N2. The van der Waals surface area contributed by atoms with Crippen molar-refractivity contribution in [2.24, 2.45) is 0 Å². The van der Waals surface area contributed by atoms with Gasteiger partial charge in [0, 0.05) is 27.7 Å². The smallest absolute Gasteiger partial charge is 0.160 e. The average molecular weight is 677 g/mol. The van der Waals surface area contributed by atoms with Crippen molar-refractivity contribution in [1.29, 1.82) is 0 Å². The highest BCUT2D eigenvalue weighted by Gasteiger charge is 2.40. The summed E-state index contributed by atoms with van der Waals surface area (Å²) in [4.78, 5) is 10.5. The molecule has 250 valence electrons. The van der Waals surface area contributed by atoms with Crippen LogP contribution in [0.5, 0.6) is 0 Å². The van der Waals surface area contributed by atoms with Crippen molar-refractivity contribution in [3.05, 3.63) is 193 Å². The Morgan fingerprint density at radius 3 is 1.47 bits per heavy atom. The van der Waals surface area contributed by atoms with Crippen LogP contribution in [-0.4, -0.2) is 9.97 Å². The first kappa shape index (κ1) is 31.1. The summed E-state index contributed by atoms with van der Waals surface area (Å²) in [7, 11) is 0. The maximum atomic E-state index is 5.31. The van der Waals surface area contributed by atoms with E-state index in [0.29, 0.717) is 0 Å². The van der Waals surface area contributed by atoms with E-state index in [-0.39, 0.29) is 5.41 Å². The summed E-state index contributed by atoms with van der Waals surface area (Å²) in [5.41, 5.74) is 14.9. The molecule has 0 spiro atoms. The molecule has 0 bridgehead atoms. The zero-order chi connectivity index (χ0) is 35.5. The first-order valence-electron chi connectivity index (χ1n) is 18.3. The fourth-order valence-electron chi connectivity index (χ4n) is 8.55. The van der Waals surface area contributed by atoms with Crippen molar-refractivity contribution in [3.63, 3.8) is 0 Å². The molecule has 1 aliphatic carbocycles. The number of hydrogen-bond donors (Lipinski definition) is 0. The lowest BCUT2D eigenvalue weighted by Crippen LogP contribution is -2.17. The predicted octanol–water partition coefficient (Wildman–Crippen LogP) is 13.4. The van der Waals surface area contributed by atoms with Crippen LogP contribution in [0.15, 0.2) is 182 Å². The Bertz CT molecular complexity index is 2820. The van der Waals surface area contributed by atoms with Crippen LogP contribution in [0, 0.1) is 0 Å². The molecule has 2 heteroatoms. The lowest BCUT2D eigenvalue weighted by Gasteiger charge is -2.24. The lowest BCUT2D eigenvalue weighted by atomic mass is 9.80. The quantitative estimate of drug-likeness (QED) is 0.170. The normalized spacial score (nSPS) is 12.9. The Hall–Kier alpha value is -6.64. The molecular weight excluding hydrogens is 641 g/mol. The monoisotopic (exact) mass is 676 g/mol. The Labute approximate surface area is 310 Å². The largest absolute Gasteiger partial charge is 0.228 e. The van der Waals surface area contributed by atoms with Gasteiger partial charge in [-0.1, -0.05) is 190 Å². The van der Waals surface area contributed by atoms with Crippen LogP contribution in [0.1, 0.15) is 25.0 Å². The van der Waals surface area contributed by atoms with Crippen LogP contribution in [0.25, 0.3) is 88.8 Å². The SMILES string of the molecule is CC1(C)c2ccccc2-c2nc(-c3ccccc3)nc(-c3ccc(-c4ccc5c(-c6ccccc6)c6ccccc6c(-c6ccccc6)c5c4)cc3)c21. The summed E-state index contributed by atoms with van der Waals surface area (Å²) in [5.74, 6) is 0.750. The molecule has 8 aromatic carbocycles. The first-order chi connectivity index (χ1) is 26.1. The Kier molecular flexibility index (Phi) is 7.19. The van der Waals surface area contributed by atoms with Crippen LogP contribution in [0.4, 0.5) is 0 Å². The summed E-state index contributed by atoms with van der Waals surface area (Å²) in [6.45, 7) is 4.60. The number of fused-ring (bicyclic) bond motifs is 5. The molecule has 0 atom stereocenters. The maximum Gasteiger partial charge on any atom is 0.160 e. The van der Waals surface area contributed by atoms with Gasteiger partial charge in [0.25, 0.3) is 0 Å². The van der Waals surface area contributed by atoms with Gasteiger partial charge in [-0.25, -0.2) is 9.97 Å². The summed E-state index contributed by atoms with van der Waals surface area (Å²) in [6, 6.07) is 65.5. The zero-order valence-electron chi connectivity index (χ0n) is 29.7. The van der Waals surface area contributed by atoms with Crippen molar-refractivity contribution in [1.82, 2.24) is 9.97 Å². The number of benzene rings is 8. The third-order valence-corrected chi connectivity index (χ3v) is 11.1. The van der Waals surface area contributed by atoms with Crippen molar-refractivity contribution in [2.45, 2.75) is 19.3 Å². The highest BCUT2D eigenvalue weighted by Crippen LogP contribution is 2.51. The standard InChI is InChI=1S/C51H36N2/c1-51(2)44-25-15-14-24-42(44)49-47(51)48(52-50(53-49)37-20-10-5-11-21-37)36-28-26-33(27-29-36)38-30-31-41-43(32-38)46(35-18-8-4-9-19-35)40-23-13-12-22-39(40)45(41)34-16-6-3-7-17-34/h3-32H,1-2H3. The molecule has 9 aromatic rings. The van der Waals surface area contributed by atoms with E-state index >= 15 is 0 Å². The first-order valence-corrected chi connectivity index (χ1v) is 18.3. The van der Waals surface area contributed by atoms with E-state index in [2.05, 4.69) is 190 Å². The third-order valence-electron chi connectivity index (χ3n) is 11.1. The second-order valence-electron chi connectivity index (χ2n) is 14.5. The molecule has 0 aliphatic heterocycles. The summed E-state index contributed by atoms with van der Waals surface area (Å²) in [5, 5.41) is 5.02. The lowest BCUT2D eigenvalue weighted by molar-refractivity contribution is 0.658. The minimum Gasteiger partial charge on any atom is -0.228 e. The second kappa shape index (κ2) is 12.3. The van der Waals surface area contributed by atoms with Gasteiger partial charge >= 0.3 is 0 Å². The predicted molar refractivity (Wildman–Crippen MR) is 222 cm³/mol. The number of rotatable bonds is 5. The molecule has 0 saturated carbocycles. The van der Waals surface area contributed by atoms with E-state index in [4.69, 9.17) is 9.97 Å². The molecule has 0 fully saturated rings. The van der Waals surface area contributed by atoms with E-state index in [1.54, 1.807) is 0 Å². The van der Waals surface area contributed by atoms with E-state index in [9.17, 15) is 0 Å². The molecule has 1 aliphatic rings. The summed E-state index contributed by atoms with van der Waals surface area (Å²) in [6.07, 6.45) is 0. The number of aromatic nitrogens is 2. The van der Waals surface area contributed by atoms with Gasteiger partial charge < -0.3 is 0 Å². The molecule has 1 heterocycles. The summed E-state index contributed by atoms with van der Waals surface area (Å²) >= 11 is 0. The van der Waals surface area contributed by atoms with Crippen LogP contribution < -0.4 is 0 Å². The maximum absolute atomic E-state index is 5.31. The van der Waals surface area contributed by atoms with Gasteiger partial charge in [-0.3, -0.25) is 0 Å². The zero-order valence-corrected chi connectivity index (χ0v) is 29.7. The van der Waals surface area contributed by atoms with Crippen LogP contribution in [0.3, 0.4) is 0 Å². The molecule has 0 amide bonds. The van der Waals surface area contributed by atoms with Gasteiger partial charge in [0.15, 0.2) is 5.82 Å². The van der Waals surface area contributed by atoms with Crippen LogP contribution in [-0.2, 0) is 5.41 Å². The average Bonchev–Trinajstić information content (AvgIpc) is 3.46. The van der Waals surface area contributed by atoms with Gasteiger partial charge in [0.2, 0.25) is 0 Å². The van der Waals surface area contributed by atoms with Crippen molar-refractivity contribution >= 4 is 21.5 Å². The minimum absolute atomic E-state index is 0.236. The molecule has 0 unspecified atom stereocenters. The molecule has 0 radical (unpaired) electrons. The van der Waals surface area contributed by atoms with Crippen LogP contribution in [0.2, 0.25) is 0 Å². The Balaban J connectivity index is 1.16. The molecule has 10 rings (SSSR count). The topological polar surface area (TPSA) is 25.8 Å². The van der Waals surface area contributed by atoms with E-state index in [0.717, 1.165) is 28.3 Å². The van der Waals surface area contributed by atoms with Crippen molar-refractivity contribution in [2.75, 3.05) is 0 Å². The van der Waals surface area contributed by atoms with Crippen molar-refractivity contribution in [3.8, 4) is 67.3 Å². The van der Waals surface area contributed by atoms with Gasteiger partial charge in [-0.15, -0.1) is 0 Å². The van der Waals surface area contributed by atoms with Crippen LogP contribution >= 0.6 is 0 Å². The number of nitrogens with zero attached hydrogens (tertiary/aromatic N) is 2. The van der Waals surface area contributed by atoms with Gasteiger partial charge in [-0.05, 0) is 66.6 Å². The Morgan fingerprint density at radius 2 is 0.830 bits per heavy atom. The van der Waals surface area contributed by atoms with E-state index in [1.807, 2.05) is 6.07 Å². The molecule has 2 nitrogen and oxygen atoms in total. The minimum atomic E-state index is -0.236. The molecule has 53 heavy (non-hydrogen) atoms. The van der Waals surface area contributed by atoms with E-state index in [1.165, 1.54) is 71.6 Å². The van der Waals surface area contributed by atoms with Gasteiger partial charge in [-0.2, -0.15) is 0 Å². The van der Waals surface area contributed by atoms with Gasteiger partial charge in [0.05, 0.1) is 11.4 Å². The fourth-order valence-corrected chi connectivity index (χ4v) is 8.55. The highest BCUT2D eigenvalue weighted by atomic mass is 14.9. The second-order valence-corrected chi connectivity index (χ2v) is 14.5. The highest BCUT2D eigenvalue weighted by molar-refractivity contribution is 6.22. The summed E-state index contributed by atoms with van der Waals surface area (Å²) < 4.78 is 0. The number of hydrogen-bond acceptors (Lipinski definition) is 2. The van der Waals surface area contributed by atoms with E-state index < -0.39 is 0 Å². The third kappa shape index (κ3) is 5.02. The molecule has 1 aromatic heterocycles. The molecule has 0 saturated heterocycles. The van der Waals surface area contributed by atoms with Gasteiger partial charge in [0.1, 0.15) is 0 Å². The van der Waals surface area contributed by atoms with Crippen molar-refractivity contribution < 1.29 is 0 Å².